The standard InChI is InChI=1S/C15H18O3/c1-3-11-10-15(18-14(11)8-9-16)12-4-6-13(17-2)7-5-12/h4-7,14-16H,1,8-10H2,2H3. The Hall–Kier alpha value is -1.54. The SMILES string of the molecule is C=C=C1CC(c2ccc(OC)cc2)OC1CCO. The molecule has 3 heteroatoms. The molecule has 1 aromatic rings. The highest BCUT2D eigenvalue weighted by Gasteiger charge is 2.30. The minimum absolute atomic E-state index is 0.0247. The predicted octanol–water partition coefficient (Wildman–Crippen LogP) is 2.62. The molecular weight excluding hydrogens is 228 g/mol. The zero-order chi connectivity index (χ0) is 13.0. The van der Waals surface area contributed by atoms with Crippen LogP contribution in [0.1, 0.15) is 24.5 Å². The van der Waals surface area contributed by atoms with E-state index < -0.39 is 0 Å². The van der Waals surface area contributed by atoms with Crippen LogP contribution in [0.5, 0.6) is 5.75 Å². The summed E-state index contributed by atoms with van der Waals surface area (Å²) in [5.74, 6) is 0.836. The molecule has 96 valence electrons. The third-order valence-corrected chi connectivity index (χ3v) is 3.23. The maximum absolute atomic E-state index is 9.01. The summed E-state index contributed by atoms with van der Waals surface area (Å²) in [5.41, 5.74) is 5.09. The van der Waals surface area contributed by atoms with E-state index in [0.717, 1.165) is 23.3 Å². The van der Waals surface area contributed by atoms with Crippen LogP contribution in [0.25, 0.3) is 0 Å². The summed E-state index contributed by atoms with van der Waals surface area (Å²) < 4.78 is 11.1. The van der Waals surface area contributed by atoms with Crippen molar-refractivity contribution >= 4 is 0 Å². The van der Waals surface area contributed by atoms with Crippen LogP contribution in [0.3, 0.4) is 0 Å². The van der Waals surface area contributed by atoms with Crippen LogP contribution in [-0.2, 0) is 4.74 Å². The van der Waals surface area contributed by atoms with Gasteiger partial charge in [-0.15, -0.1) is 5.73 Å². The smallest absolute Gasteiger partial charge is 0.118 e. The highest BCUT2D eigenvalue weighted by molar-refractivity contribution is 5.30. The number of aliphatic hydroxyl groups excluding tert-OH is 1. The van der Waals surface area contributed by atoms with E-state index >= 15 is 0 Å². The molecule has 0 bridgehead atoms. The van der Waals surface area contributed by atoms with Crippen LogP contribution >= 0.6 is 0 Å². The van der Waals surface area contributed by atoms with Crippen molar-refractivity contribution in [1.29, 1.82) is 0 Å². The summed E-state index contributed by atoms with van der Waals surface area (Å²) >= 11 is 0. The van der Waals surface area contributed by atoms with Gasteiger partial charge < -0.3 is 14.6 Å². The number of hydrogen-bond acceptors (Lipinski definition) is 3. The summed E-state index contributed by atoms with van der Waals surface area (Å²) in [6.45, 7) is 3.80. The van der Waals surface area contributed by atoms with Crippen LogP contribution in [0, 0.1) is 0 Å². The van der Waals surface area contributed by atoms with E-state index in [1.165, 1.54) is 0 Å². The number of hydrogen-bond donors (Lipinski definition) is 1. The van der Waals surface area contributed by atoms with Crippen LogP contribution < -0.4 is 4.74 Å². The van der Waals surface area contributed by atoms with E-state index in [4.69, 9.17) is 14.6 Å². The summed E-state index contributed by atoms with van der Waals surface area (Å²) in [4.78, 5) is 0. The molecule has 0 saturated carbocycles. The predicted molar refractivity (Wildman–Crippen MR) is 69.6 cm³/mol. The highest BCUT2D eigenvalue weighted by atomic mass is 16.5. The fourth-order valence-corrected chi connectivity index (χ4v) is 2.22. The molecule has 0 spiro atoms. The summed E-state index contributed by atoms with van der Waals surface area (Å²) in [7, 11) is 1.65. The van der Waals surface area contributed by atoms with Crippen molar-refractivity contribution in [1.82, 2.24) is 0 Å². The summed E-state index contributed by atoms with van der Waals surface area (Å²) in [6, 6.07) is 7.86. The third-order valence-electron chi connectivity index (χ3n) is 3.23. The molecular formula is C15H18O3. The largest absolute Gasteiger partial charge is 0.497 e. The summed E-state index contributed by atoms with van der Waals surface area (Å²) in [6.07, 6.45) is 1.36. The second-order valence-electron chi connectivity index (χ2n) is 4.30. The Morgan fingerprint density at radius 2 is 2.17 bits per heavy atom. The second-order valence-corrected chi connectivity index (χ2v) is 4.30. The van der Waals surface area contributed by atoms with Gasteiger partial charge in [-0.2, -0.15) is 0 Å². The van der Waals surface area contributed by atoms with Gasteiger partial charge >= 0.3 is 0 Å². The molecule has 0 aliphatic carbocycles. The molecule has 0 amide bonds. The number of benzene rings is 1. The Kier molecular flexibility index (Phi) is 4.21. The first kappa shape index (κ1) is 12.9. The van der Waals surface area contributed by atoms with Crippen molar-refractivity contribution in [2.75, 3.05) is 13.7 Å². The molecule has 1 aliphatic heterocycles. The number of ether oxygens (including phenoxy) is 2. The average molecular weight is 246 g/mol. The second kappa shape index (κ2) is 5.87. The normalized spacial score (nSPS) is 22.9. The zero-order valence-corrected chi connectivity index (χ0v) is 10.6. The van der Waals surface area contributed by atoms with Crippen LogP contribution in [0.4, 0.5) is 0 Å². The average Bonchev–Trinajstić information content (AvgIpc) is 2.82. The molecule has 2 rings (SSSR count). The monoisotopic (exact) mass is 246 g/mol. The van der Waals surface area contributed by atoms with Crippen molar-refractivity contribution in [3.05, 3.63) is 47.7 Å². The van der Waals surface area contributed by atoms with E-state index in [0.29, 0.717) is 6.42 Å². The molecule has 1 fully saturated rings. The van der Waals surface area contributed by atoms with Crippen molar-refractivity contribution in [2.24, 2.45) is 0 Å². The molecule has 2 unspecified atom stereocenters. The summed E-state index contributed by atoms with van der Waals surface area (Å²) in [5, 5.41) is 9.01. The van der Waals surface area contributed by atoms with E-state index in [2.05, 4.69) is 12.3 Å². The lowest BCUT2D eigenvalue weighted by atomic mass is 10.0. The van der Waals surface area contributed by atoms with Crippen molar-refractivity contribution in [3.8, 4) is 5.75 Å². The lowest BCUT2D eigenvalue weighted by molar-refractivity contribution is 0.0383. The molecule has 2 atom stereocenters. The number of aliphatic hydroxyl groups is 1. The Morgan fingerprint density at radius 3 is 2.72 bits per heavy atom. The molecule has 0 radical (unpaired) electrons. The molecule has 0 aromatic heterocycles. The van der Waals surface area contributed by atoms with Crippen molar-refractivity contribution in [3.63, 3.8) is 0 Å². The third kappa shape index (κ3) is 2.65. The topological polar surface area (TPSA) is 38.7 Å². The molecule has 1 aliphatic rings. The van der Waals surface area contributed by atoms with Gasteiger partial charge in [0, 0.05) is 25.0 Å². The minimum atomic E-state index is -0.0559. The minimum Gasteiger partial charge on any atom is -0.497 e. The Bertz CT molecular complexity index is 443. The fraction of sp³-hybridized carbons (Fsp3) is 0.400. The molecule has 1 heterocycles. The lowest BCUT2D eigenvalue weighted by Gasteiger charge is -2.13. The first-order chi connectivity index (χ1) is 8.78. The molecule has 18 heavy (non-hydrogen) atoms. The van der Waals surface area contributed by atoms with Gasteiger partial charge in [-0.25, -0.2) is 0 Å². The van der Waals surface area contributed by atoms with Gasteiger partial charge in [0.2, 0.25) is 0 Å². The van der Waals surface area contributed by atoms with Gasteiger partial charge in [-0.3, -0.25) is 0 Å². The van der Waals surface area contributed by atoms with Crippen LogP contribution in [-0.4, -0.2) is 24.9 Å². The van der Waals surface area contributed by atoms with Gasteiger partial charge in [0.1, 0.15) is 5.75 Å². The van der Waals surface area contributed by atoms with Gasteiger partial charge in [0.15, 0.2) is 0 Å². The molecule has 1 aromatic carbocycles. The Balaban J connectivity index is 2.12. The van der Waals surface area contributed by atoms with E-state index in [1.807, 2.05) is 24.3 Å². The first-order valence-corrected chi connectivity index (χ1v) is 6.07. The first-order valence-electron chi connectivity index (χ1n) is 6.07. The van der Waals surface area contributed by atoms with Crippen LogP contribution in [0.2, 0.25) is 0 Å². The lowest BCUT2D eigenvalue weighted by Crippen LogP contribution is -2.10. The molecule has 1 N–H and O–H groups in total. The Labute approximate surface area is 107 Å². The zero-order valence-electron chi connectivity index (χ0n) is 10.6. The highest BCUT2D eigenvalue weighted by Crippen LogP contribution is 2.37. The van der Waals surface area contributed by atoms with Crippen molar-refractivity contribution < 1.29 is 14.6 Å². The molecule has 3 nitrogen and oxygen atoms in total. The number of methoxy groups -OCH3 is 1. The van der Waals surface area contributed by atoms with Gasteiger partial charge in [0.05, 0.1) is 19.3 Å². The van der Waals surface area contributed by atoms with Gasteiger partial charge in [-0.05, 0) is 17.7 Å². The van der Waals surface area contributed by atoms with Gasteiger partial charge in [-0.1, -0.05) is 18.7 Å². The van der Waals surface area contributed by atoms with Crippen LogP contribution in [0.15, 0.2) is 42.1 Å². The van der Waals surface area contributed by atoms with Crippen molar-refractivity contribution in [2.45, 2.75) is 25.0 Å². The number of rotatable bonds is 4. The van der Waals surface area contributed by atoms with E-state index in [-0.39, 0.29) is 18.8 Å². The molecule has 1 saturated heterocycles. The van der Waals surface area contributed by atoms with E-state index in [9.17, 15) is 0 Å². The van der Waals surface area contributed by atoms with Gasteiger partial charge in [0.25, 0.3) is 0 Å². The maximum Gasteiger partial charge on any atom is 0.118 e. The Morgan fingerprint density at radius 1 is 1.44 bits per heavy atom. The fourth-order valence-electron chi connectivity index (χ4n) is 2.22. The van der Waals surface area contributed by atoms with E-state index in [1.54, 1.807) is 7.11 Å². The quantitative estimate of drug-likeness (QED) is 0.830. The maximum atomic E-state index is 9.01.